The molecule has 6 rings (SSSR count). The van der Waals surface area contributed by atoms with Crippen molar-refractivity contribution in [1.82, 2.24) is 40.3 Å². The topological polar surface area (TPSA) is 116 Å². The van der Waals surface area contributed by atoms with E-state index in [1.165, 1.54) is 17.1 Å². The molecule has 2 fully saturated rings. The highest BCUT2D eigenvalue weighted by molar-refractivity contribution is 5.85. The molecule has 3 unspecified atom stereocenters. The maximum absolute atomic E-state index is 14.0. The summed E-state index contributed by atoms with van der Waals surface area (Å²) in [5.41, 5.74) is 3.89. The smallest absolute Gasteiger partial charge is 0.230 e. The van der Waals surface area contributed by atoms with Crippen LogP contribution < -0.4 is 5.32 Å². The number of fused-ring (bicyclic) bond motifs is 2. The lowest BCUT2D eigenvalue weighted by atomic mass is 9.93. The van der Waals surface area contributed by atoms with E-state index < -0.39 is 5.82 Å². The first-order valence-electron chi connectivity index (χ1n) is 12.2. The Morgan fingerprint density at radius 2 is 2.14 bits per heavy atom. The average Bonchev–Trinajstić information content (AvgIpc) is 3.58. The van der Waals surface area contributed by atoms with Gasteiger partial charge in [0, 0.05) is 51.0 Å². The van der Waals surface area contributed by atoms with E-state index in [1.807, 2.05) is 17.0 Å². The molecule has 2 saturated heterocycles. The van der Waals surface area contributed by atoms with Gasteiger partial charge in [0.25, 0.3) is 0 Å². The van der Waals surface area contributed by atoms with Gasteiger partial charge in [-0.1, -0.05) is 6.07 Å². The SMILES string of the molecule is Cc1c(C2CN3CCN(C(=O)C4CCc5cc(-n6cnnn6)ncc54)CC3CN2)ccc(F)c1C#N. The van der Waals surface area contributed by atoms with Crippen LogP contribution in [0.25, 0.3) is 5.82 Å². The number of nitrogens with one attached hydrogen (secondary N) is 1. The van der Waals surface area contributed by atoms with Crippen LogP contribution in [-0.4, -0.2) is 79.7 Å². The number of amides is 1. The first kappa shape index (κ1) is 22.7. The minimum Gasteiger partial charge on any atom is -0.339 e. The number of aromatic nitrogens is 5. The van der Waals surface area contributed by atoms with E-state index in [-0.39, 0.29) is 29.5 Å². The lowest BCUT2D eigenvalue weighted by molar-refractivity contribution is -0.136. The Bertz CT molecular complexity index is 1350. The van der Waals surface area contributed by atoms with Crippen LogP contribution in [0.15, 0.2) is 30.7 Å². The Morgan fingerprint density at radius 1 is 1.25 bits per heavy atom. The number of hydrogen-bond acceptors (Lipinski definition) is 8. The summed E-state index contributed by atoms with van der Waals surface area (Å²) in [6.07, 6.45) is 4.92. The lowest BCUT2D eigenvalue weighted by Gasteiger charge is -2.47. The zero-order chi connectivity index (χ0) is 24.8. The van der Waals surface area contributed by atoms with Crippen molar-refractivity contribution in [2.45, 2.75) is 37.8 Å². The van der Waals surface area contributed by atoms with Crippen LogP contribution >= 0.6 is 0 Å². The zero-order valence-corrected chi connectivity index (χ0v) is 19.9. The average molecular weight is 488 g/mol. The van der Waals surface area contributed by atoms with Crippen LogP contribution in [0.2, 0.25) is 0 Å². The second kappa shape index (κ2) is 9.04. The molecule has 3 aromatic rings. The van der Waals surface area contributed by atoms with Gasteiger partial charge in [-0.3, -0.25) is 9.69 Å². The van der Waals surface area contributed by atoms with Crippen molar-refractivity contribution in [3.8, 4) is 11.9 Å². The molecule has 0 saturated carbocycles. The fourth-order valence-electron chi connectivity index (χ4n) is 5.87. The third kappa shape index (κ3) is 3.83. The van der Waals surface area contributed by atoms with Crippen LogP contribution in [0.1, 0.15) is 46.2 Å². The van der Waals surface area contributed by atoms with Crippen LogP contribution in [-0.2, 0) is 11.2 Å². The summed E-state index contributed by atoms with van der Waals surface area (Å²) in [4.78, 5) is 22.4. The van der Waals surface area contributed by atoms with E-state index in [4.69, 9.17) is 0 Å². The molecule has 1 amide bonds. The van der Waals surface area contributed by atoms with E-state index in [1.54, 1.807) is 19.2 Å². The maximum atomic E-state index is 14.0. The number of piperazine rings is 2. The largest absolute Gasteiger partial charge is 0.339 e. The monoisotopic (exact) mass is 487 g/mol. The number of benzene rings is 1. The molecule has 10 nitrogen and oxygen atoms in total. The van der Waals surface area contributed by atoms with Crippen molar-refractivity contribution in [2.75, 3.05) is 32.7 Å². The van der Waals surface area contributed by atoms with Gasteiger partial charge in [-0.05, 0) is 64.6 Å². The van der Waals surface area contributed by atoms with Crippen molar-refractivity contribution in [3.63, 3.8) is 0 Å². The van der Waals surface area contributed by atoms with Gasteiger partial charge in [0.1, 0.15) is 18.2 Å². The lowest BCUT2D eigenvalue weighted by Crippen LogP contribution is -2.63. The highest BCUT2D eigenvalue weighted by Crippen LogP contribution is 2.36. The molecule has 184 valence electrons. The Hall–Kier alpha value is -3.75. The Morgan fingerprint density at radius 3 is 2.94 bits per heavy atom. The first-order chi connectivity index (χ1) is 17.5. The van der Waals surface area contributed by atoms with E-state index in [2.05, 4.69) is 30.7 Å². The summed E-state index contributed by atoms with van der Waals surface area (Å²) in [5, 5.41) is 24.1. The Balaban J connectivity index is 1.12. The van der Waals surface area contributed by atoms with E-state index in [0.717, 1.165) is 49.2 Å². The molecule has 0 bridgehead atoms. The van der Waals surface area contributed by atoms with Crippen LogP contribution in [0.4, 0.5) is 4.39 Å². The second-order valence-corrected chi connectivity index (χ2v) is 9.73. The Kier molecular flexibility index (Phi) is 5.70. The van der Waals surface area contributed by atoms with Crippen molar-refractivity contribution in [3.05, 3.63) is 64.4 Å². The van der Waals surface area contributed by atoms with Gasteiger partial charge in [0.15, 0.2) is 5.82 Å². The molecule has 0 radical (unpaired) electrons. The molecule has 4 heterocycles. The molecule has 36 heavy (non-hydrogen) atoms. The van der Waals surface area contributed by atoms with Crippen LogP contribution in [0.3, 0.4) is 0 Å². The van der Waals surface area contributed by atoms with E-state index in [9.17, 15) is 14.4 Å². The number of rotatable bonds is 3. The van der Waals surface area contributed by atoms with Crippen molar-refractivity contribution >= 4 is 5.91 Å². The molecule has 1 aromatic carbocycles. The number of carbonyl (C=O) groups is 1. The Labute approximate surface area is 207 Å². The van der Waals surface area contributed by atoms with E-state index in [0.29, 0.717) is 24.5 Å². The zero-order valence-electron chi connectivity index (χ0n) is 19.9. The number of aryl methyl sites for hydroxylation is 1. The number of hydrogen-bond donors (Lipinski definition) is 1. The normalized spacial score (nSPS) is 23.7. The molecule has 1 aliphatic carbocycles. The third-order valence-corrected chi connectivity index (χ3v) is 7.85. The molecule has 3 aliphatic rings. The van der Waals surface area contributed by atoms with Gasteiger partial charge in [-0.25, -0.2) is 9.37 Å². The summed E-state index contributed by atoms with van der Waals surface area (Å²) in [6, 6.07) is 7.36. The van der Waals surface area contributed by atoms with Crippen LogP contribution in [0, 0.1) is 24.1 Å². The summed E-state index contributed by atoms with van der Waals surface area (Å²) in [7, 11) is 0. The van der Waals surface area contributed by atoms with Crippen molar-refractivity contribution in [1.29, 1.82) is 5.26 Å². The predicted molar refractivity (Wildman–Crippen MR) is 127 cm³/mol. The summed E-state index contributed by atoms with van der Waals surface area (Å²) >= 11 is 0. The first-order valence-corrected chi connectivity index (χ1v) is 12.2. The number of pyridine rings is 1. The summed E-state index contributed by atoms with van der Waals surface area (Å²) < 4.78 is 15.5. The summed E-state index contributed by atoms with van der Waals surface area (Å²) in [6.45, 7) is 5.44. The van der Waals surface area contributed by atoms with Crippen LogP contribution in [0.5, 0.6) is 0 Å². The van der Waals surface area contributed by atoms with Gasteiger partial charge in [0.05, 0.1) is 11.5 Å². The van der Waals surface area contributed by atoms with Gasteiger partial charge in [-0.2, -0.15) is 9.94 Å². The van der Waals surface area contributed by atoms with Gasteiger partial charge >= 0.3 is 0 Å². The molecule has 11 heteroatoms. The fraction of sp³-hybridized carbons (Fsp3) is 0.440. The number of halogens is 1. The van der Waals surface area contributed by atoms with Gasteiger partial charge < -0.3 is 10.2 Å². The minimum atomic E-state index is -0.477. The van der Waals surface area contributed by atoms with Gasteiger partial charge in [-0.15, -0.1) is 5.10 Å². The molecular weight excluding hydrogens is 461 g/mol. The molecule has 1 N–H and O–H groups in total. The minimum absolute atomic E-state index is 0.0263. The third-order valence-electron chi connectivity index (χ3n) is 7.85. The highest BCUT2D eigenvalue weighted by Gasteiger charge is 2.39. The fourth-order valence-corrected chi connectivity index (χ4v) is 5.87. The van der Waals surface area contributed by atoms with Crippen molar-refractivity contribution in [2.24, 2.45) is 0 Å². The standard InChI is InChI=1S/C25H26FN9O/c1-15-18(4-5-22(26)20(15)9-27)23-13-33-6-7-34(12-17(33)10-28-23)25(36)19-3-2-16-8-24(29-11-21(16)19)35-14-30-31-32-35/h4-5,8,11,14,17,19,23,28H,2-3,6-7,10,12-13H2,1H3. The molecule has 2 aromatic heterocycles. The predicted octanol–water partition coefficient (Wildman–Crippen LogP) is 1.26. The van der Waals surface area contributed by atoms with Gasteiger partial charge in [0.2, 0.25) is 5.91 Å². The number of nitriles is 1. The highest BCUT2D eigenvalue weighted by atomic mass is 19.1. The molecule has 3 atom stereocenters. The second-order valence-electron chi connectivity index (χ2n) is 9.73. The molecular formula is C25H26FN9O. The number of nitrogens with zero attached hydrogens (tertiary/aromatic N) is 8. The number of carbonyl (C=O) groups excluding carboxylic acids is 1. The van der Waals surface area contributed by atoms with E-state index >= 15 is 0 Å². The number of tetrazole rings is 1. The molecule has 2 aliphatic heterocycles. The summed E-state index contributed by atoms with van der Waals surface area (Å²) in [5.74, 6) is 0.175. The molecule has 0 spiro atoms. The van der Waals surface area contributed by atoms with Crippen molar-refractivity contribution < 1.29 is 9.18 Å². The maximum Gasteiger partial charge on any atom is 0.230 e. The quantitative estimate of drug-likeness (QED) is 0.587.